The maximum Gasteiger partial charge on any atom is 0.417 e. The van der Waals surface area contributed by atoms with Crippen molar-refractivity contribution in [2.45, 2.75) is 18.7 Å². The third-order valence-electron chi connectivity index (χ3n) is 1.85. The largest absolute Gasteiger partial charge is 0.453 e. The number of rotatable bonds is 3. The van der Waals surface area contributed by atoms with Crippen molar-refractivity contribution in [3.05, 3.63) is 0 Å². The van der Waals surface area contributed by atoms with Crippen LogP contribution in [0, 0.1) is 0 Å². The molecule has 0 spiro atoms. The summed E-state index contributed by atoms with van der Waals surface area (Å²) in [5, 5.41) is 0. The van der Waals surface area contributed by atoms with Crippen LogP contribution in [0.3, 0.4) is 0 Å². The SMILES string of the molecule is O=[C]OC1CCN(CC(F)(F)F)C1. The lowest BCUT2D eigenvalue weighted by Gasteiger charge is -2.16. The predicted octanol–water partition coefficient (Wildman–Crippen LogP) is 0.707. The van der Waals surface area contributed by atoms with Crippen LogP contribution < -0.4 is 0 Å². The Kier molecular flexibility index (Phi) is 3.13. The summed E-state index contributed by atoms with van der Waals surface area (Å²) in [6.45, 7) is 0.755. The smallest absolute Gasteiger partial charge is 0.417 e. The third-order valence-corrected chi connectivity index (χ3v) is 1.85. The molecule has 1 rings (SSSR count). The summed E-state index contributed by atoms with van der Waals surface area (Å²) >= 11 is 0. The van der Waals surface area contributed by atoms with Gasteiger partial charge in [-0.15, -0.1) is 0 Å². The number of hydrogen-bond donors (Lipinski definition) is 0. The monoisotopic (exact) mass is 196 g/mol. The van der Waals surface area contributed by atoms with E-state index in [0.717, 1.165) is 0 Å². The van der Waals surface area contributed by atoms with Gasteiger partial charge in [0.15, 0.2) is 0 Å². The van der Waals surface area contributed by atoms with Gasteiger partial charge in [0.25, 0.3) is 0 Å². The second-order valence-electron chi connectivity index (χ2n) is 2.96. The number of hydrogen-bond acceptors (Lipinski definition) is 3. The Morgan fingerprint density at radius 3 is 2.77 bits per heavy atom. The molecule has 0 aromatic heterocycles. The highest BCUT2D eigenvalue weighted by molar-refractivity contribution is 5.38. The minimum absolute atomic E-state index is 0.148. The molecule has 75 valence electrons. The molecule has 0 aromatic rings. The van der Waals surface area contributed by atoms with E-state index in [2.05, 4.69) is 4.74 Å². The molecule has 1 heterocycles. The molecule has 1 saturated heterocycles. The Labute approximate surface area is 73.5 Å². The standard InChI is InChI=1S/C7H9F3NO2/c8-7(9,10)4-11-2-1-6(3-11)13-5-12/h6H,1-4H2. The number of carbonyl (C=O) groups excluding carboxylic acids is 1. The summed E-state index contributed by atoms with van der Waals surface area (Å²) in [6, 6.07) is 0. The van der Waals surface area contributed by atoms with E-state index in [1.165, 1.54) is 11.4 Å². The van der Waals surface area contributed by atoms with E-state index >= 15 is 0 Å². The number of nitrogens with zero attached hydrogens (tertiary/aromatic N) is 1. The average molecular weight is 196 g/mol. The van der Waals surface area contributed by atoms with Crippen LogP contribution in [0.5, 0.6) is 0 Å². The summed E-state index contributed by atoms with van der Waals surface area (Å²) in [4.78, 5) is 11.0. The molecule has 1 radical (unpaired) electrons. The molecule has 1 fully saturated rings. The van der Waals surface area contributed by atoms with Crippen LogP contribution >= 0.6 is 0 Å². The molecule has 0 N–H and O–H groups in total. The second kappa shape index (κ2) is 3.95. The van der Waals surface area contributed by atoms with E-state index in [9.17, 15) is 18.0 Å². The zero-order valence-corrected chi connectivity index (χ0v) is 6.80. The fourth-order valence-corrected chi connectivity index (χ4v) is 1.36. The first-order valence-electron chi connectivity index (χ1n) is 3.83. The summed E-state index contributed by atoms with van der Waals surface area (Å²) in [5.74, 6) is 0. The minimum atomic E-state index is -4.18. The Morgan fingerprint density at radius 2 is 2.23 bits per heavy atom. The molecule has 6 heteroatoms. The maximum absolute atomic E-state index is 11.9. The number of alkyl halides is 3. The molecule has 0 aromatic carbocycles. The number of ether oxygens (including phenoxy) is 1. The lowest BCUT2D eigenvalue weighted by molar-refractivity contribution is -0.144. The van der Waals surface area contributed by atoms with Gasteiger partial charge in [0.2, 0.25) is 0 Å². The predicted molar refractivity (Wildman–Crippen MR) is 37.7 cm³/mol. The molecule has 0 saturated carbocycles. The zero-order valence-electron chi connectivity index (χ0n) is 6.80. The fourth-order valence-electron chi connectivity index (χ4n) is 1.36. The van der Waals surface area contributed by atoms with Gasteiger partial charge in [0, 0.05) is 13.1 Å². The third kappa shape index (κ3) is 3.63. The van der Waals surface area contributed by atoms with Crippen molar-refractivity contribution in [2.24, 2.45) is 0 Å². The molecule has 3 nitrogen and oxygen atoms in total. The van der Waals surface area contributed by atoms with Crippen LogP contribution in [-0.2, 0) is 9.53 Å². The van der Waals surface area contributed by atoms with Crippen molar-refractivity contribution < 1.29 is 22.7 Å². The van der Waals surface area contributed by atoms with Gasteiger partial charge < -0.3 is 4.74 Å². The van der Waals surface area contributed by atoms with Crippen LogP contribution in [0.2, 0.25) is 0 Å². The first-order valence-corrected chi connectivity index (χ1v) is 3.83. The van der Waals surface area contributed by atoms with E-state index in [0.29, 0.717) is 13.0 Å². The first-order chi connectivity index (χ1) is 6.01. The number of halogens is 3. The molecule has 0 amide bonds. The Bertz CT molecular complexity index is 183. The van der Waals surface area contributed by atoms with Gasteiger partial charge in [-0.2, -0.15) is 13.2 Å². The first kappa shape index (κ1) is 10.3. The van der Waals surface area contributed by atoms with Crippen molar-refractivity contribution in [3.63, 3.8) is 0 Å². The molecule has 13 heavy (non-hydrogen) atoms. The van der Waals surface area contributed by atoms with Crippen LogP contribution in [-0.4, -0.2) is 43.3 Å². The zero-order chi connectivity index (χ0) is 9.90. The van der Waals surface area contributed by atoms with Crippen LogP contribution in [0.1, 0.15) is 6.42 Å². The lowest BCUT2D eigenvalue weighted by atomic mass is 10.3. The number of likely N-dealkylation sites (tertiary alicyclic amines) is 1. The molecule has 1 unspecified atom stereocenters. The molecule has 0 bridgehead atoms. The van der Waals surface area contributed by atoms with Crippen molar-refractivity contribution in [3.8, 4) is 0 Å². The summed E-state index contributed by atoms with van der Waals surface area (Å²) < 4.78 is 40.0. The van der Waals surface area contributed by atoms with Gasteiger partial charge in [0.1, 0.15) is 6.10 Å². The molecular weight excluding hydrogens is 187 g/mol. The van der Waals surface area contributed by atoms with Gasteiger partial charge in [0.05, 0.1) is 6.54 Å². The molecule has 1 aliphatic rings. The fraction of sp³-hybridized carbons (Fsp3) is 0.857. The van der Waals surface area contributed by atoms with E-state index < -0.39 is 18.8 Å². The Balaban J connectivity index is 2.29. The van der Waals surface area contributed by atoms with Crippen molar-refractivity contribution in [1.82, 2.24) is 4.90 Å². The highest BCUT2D eigenvalue weighted by atomic mass is 19.4. The minimum Gasteiger partial charge on any atom is -0.453 e. The van der Waals surface area contributed by atoms with Crippen LogP contribution in [0.15, 0.2) is 0 Å². The normalized spacial score (nSPS) is 24.7. The topological polar surface area (TPSA) is 29.5 Å². The van der Waals surface area contributed by atoms with Gasteiger partial charge in [-0.1, -0.05) is 0 Å². The van der Waals surface area contributed by atoms with Crippen LogP contribution in [0.25, 0.3) is 0 Å². The van der Waals surface area contributed by atoms with Gasteiger partial charge in [-0.25, -0.2) is 4.79 Å². The Morgan fingerprint density at radius 1 is 1.54 bits per heavy atom. The van der Waals surface area contributed by atoms with E-state index in [-0.39, 0.29) is 6.54 Å². The van der Waals surface area contributed by atoms with Gasteiger partial charge in [-0.05, 0) is 6.42 Å². The van der Waals surface area contributed by atoms with E-state index in [1.807, 2.05) is 0 Å². The van der Waals surface area contributed by atoms with Gasteiger partial charge >= 0.3 is 12.6 Å². The molecule has 1 atom stereocenters. The van der Waals surface area contributed by atoms with E-state index in [4.69, 9.17) is 0 Å². The van der Waals surface area contributed by atoms with Crippen LogP contribution in [0.4, 0.5) is 13.2 Å². The summed E-state index contributed by atoms with van der Waals surface area (Å²) in [5.41, 5.74) is 0. The van der Waals surface area contributed by atoms with Gasteiger partial charge in [-0.3, -0.25) is 4.90 Å². The highest BCUT2D eigenvalue weighted by Gasteiger charge is 2.34. The van der Waals surface area contributed by atoms with Crippen molar-refractivity contribution in [2.75, 3.05) is 19.6 Å². The summed E-state index contributed by atoms with van der Waals surface area (Å²) in [6.07, 6.45) is -4.16. The maximum atomic E-state index is 11.9. The Hall–Kier alpha value is -0.780. The lowest BCUT2D eigenvalue weighted by Crippen LogP contribution is -2.33. The molecule has 1 aliphatic heterocycles. The molecule has 0 aliphatic carbocycles. The van der Waals surface area contributed by atoms with Crippen molar-refractivity contribution in [1.29, 1.82) is 0 Å². The highest BCUT2D eigenvalue weighted by Crippen LogP contribution is 2.20. The summed E-state index contributed by atoms with van der Waals surface area (Å²) in [7, 11) is 0. The quantitative estimate of drug-likeness (QED) is 0.665. The molecular formula is C7H9F3NO2. The second-order valence-corrected chi connectivity index (χ2v) is 2.96. The average Bonchev–Trinajstić information content (AvgIpc) is 2.33. The van der Waals surface area contributed by atoms with Crippen molar-refractivity contribution >= 4 is 6.47 Å². The van der Waals surface area contributed by atoms with E-state index in [1.54, 1.807) is 0 Å².